The molecule has 2 heterocycles. The number of nitrogens with zero attached hydrogens (tertiary/aromatic N) is 3. The van der Waals surface area contributed by atoms with Crippen LogP contribution in [0.4, 0.5) is 28.6 Å². The van der Waals surface area contributed by atoms with Gasteiger partial charge in [-0.1, -0.05) is 200 Å². The number of allylic oxidation sites excluding steroid dienone is 3. The Balaban J connectivity index is 1.08. The van der Waals surface area contributed by atoms with Crippen LogP contribution in [0.3, 0.4) is 0 Å². The molecule has 0 aliphatic heterocycles. The van der Waals surface area contributed by atoms with E-state index in [2.05, 4.69) is 279 Å². The van der Waals surface area contributed by atoms with Gasteiger partial charge in [0.25, 0.3) is 0 Å². The van der Waals surface area contributed by atoms with Crippen LogP contribution >= 0.6 is 0 Å². The zero-order valence-corrected chi connectivity index (χ0v) is 44.7. The lowest BCUT2D eigenvalue weighted by Crippen LogP contribution is -2.27. The first-order chi connectivity index (χ1) is 39.3. The van der Waals surface area contributed by atoms with Crippen LogP contribution in [0.5, 0.6) is 0 Å². The molecule has 0 bridgehead atoms. The SMILES string of the molecule is CC(C)=C/C=C(\N)N(c1cccc(-c2ccccc2)c1)c1cc2c(c3c1oc1ccccc13)-c1c(c3ccc(N(c4cccc(-c5ccccc5)c4)c4ccc(C)cn4)cc3c3ccccc13)C21c2ccccc2-c2ccccc21. The van der Waals surface area contributed by atoms with Gasteiger partial charge in [0, 0.05) is 34.0 Å². The maximum atomic E-state index is 7.54. The summed E-state index contributed by atoms with van der Waals surface area (Å²) in [5.41, 5.74) is 28.7. The molecular weight excluding hydrogens is 973 g/mol. The number of rotatable bonds is 9. The largest absolute Gasteiger partial charge is 0.454 e. The molecule has 2 aliphatic carbocycles. The molecule has 80 heavy (non-hydrogen) atoms. The molecule has 2 aliphatic rings. The quantitative estimate of drug-likeness (QED) is 0.115. The molecule has 1 spiro atoms. The summed E-state index contributed by atoms with van der Waals surface area (Å²) < 4.78 is 7.33. The van der Waals surface area contributed by atoms with E-state index in [4.69, 9.17) is 15.1 Å². The topological polar surface area (TPSA) is 58.5 Å². The Kier molecular flexibility index (Phi) is 10.9. The number of hydrogen-bond acceptors (Lipinski definition) is 5. The fourth-order valence-corrected chi connectivity index (χ4v) is 13.2. The van der Waals surface area contributed by atoms with Crippen LogP contribution in [0.15, 0.2) is 277 Å². The summed E-state index contributed by atoms with van der Waals surface area (Å²) in [7, 11) is 0. The number of benzene rings is 11. The van der Waals surface area contributed by atoms with E-state index in [0.29, 0.717) is 5.82 Å². The van der Waals surface area contributed by atoms with Crippen molar-refractivity contribution in [2.24, 2.45) is 5.73 Å². The van der Waals surface area contributed by atoms with E-state index in [-0.39, 0.29) is 0 Å². The first-order valence-corrected chi connectivity index (χ1v) is 27.5. The van der Waals surface area contributed by atoms with Gasteiger partial charge in [-0.2, -0.15) is 0 Å². The third kappa shape index (κ3) is 7.14. The summed E-state index contributed by atoms with van der Waals surface area (Å²) in [6, 6.07) is 88.2. The van der Waals surface area contributed by atoms with E-state index >= 15 is 0 Å². The Bertz CT molecular complexity index is 4650. The van der Waals surface area contributed by atoms with E-state index in [1.54, 1.807) is 0 Å². The lowest BCUT2D eigenvalue weighted by Gasteiger charge is -2.33. The molecule has 0 saturated heterocycles. The third-order valence-electron chi connectivity index (χ3n) is 16.5. The minimum absolute atomic E-state index is 0.570. The molecule has 15 rings (SSSR count). The summed E-state index contributed by atoms with van der Waals surface area (Å²) in [6.45, 7) is 6.29. The summed E-state index contributed by atoms with van der Waals surface area (Å²) in [5.74, 6) is 1.41. The van der Waals surface area contributed by atoms with Crippen LogP contribution in [0, 0.1) is 6.92 Å². The summed E-state index contributed by atoms with van der Waals surface area (Å²) in [6.07, 6.45) is 6.09. The second kappa shape index (κ2) is 18.5. The lowest BCUT2D eigenvalue weighted by atomic mass is 9.69. The zero-order chi connectivity index (χ0) is 53.6. The highest BCUT2D eigenvalue weighted by Gasteiger charge is 2.54. The molecule has 0 amide bonds. The van der Waals surface area contributed by atoms with Crippen LogP contribution in [-0.2, 0) is 5.41 Å². The summed E-state index contributed by atoms with van der Waals surface area (Å²) in [4.78, 5) is 9.63. The average molecular weight is 1030 g/mol. The van der Waals surface area contributed by atoms with Crippen molar-refractivity contribution in [3.8, 4) is 44.5 Å². The Morgan fingerprint density at radius 1 is 0.475 bits per heavy atom. The molecule has 0 radical (unpaired) electrons. The Hall–Kier alpha value is -10.2. The van der Waals surface area contributed by atoms with Crippen molar-refractivity contribution < 1.29 is 4.42 Å². The molecule has 0 fully saturated rings. The molecule has 0 unspecified atom stereocenters. The van der Waals surface area contributed by atoms with Gasteiger partial charge in [-0.25, -0.2) is 4.98 Å². The molecule has 13 aromatic rings. The predicted molar refractivity (Wildman–Crippen MR) is 333 cm³/mol. The first-order valence-electron chi connectivity index (χ1n) is 27.5. The average Bonchev–Trinajstić information content (AvgIpc) is 4.34. The fraction of sp³-hybridized carbons (Fsp3) is 0.0533. The molecule has 5 nitrogen and oxygen atoms in total. The number of furan rings is 1. The number of hydrogen-bond donors (Lipinski definition) is 1. The fourth-order valence-electron chi connectivity index (χ4n) is 13.2. The standard InChI is InChI=1S/C75H54N4O/c1-47(2)36-40-68(76)79(54-27-19-25-52(43-54)50-22-8-5-9-23-50)66-45-65-72(71-61-32-14-17-35-67(61)80-74(66)71)70-59-31-11-10-28-56(59)62-44-55(38-39-60(62)73(70)75(65)63-33-15-12-29-57(63)58-30-13-16-34-64(58)75)78(69-41-37-48(3)46-77-69)53-26-18-24-51(42-53)49-20-6-4-7-21-49/h4-46H,76H2,1-3H3/b68-40+. The van der Waals surface area contributed by atoms with Gasteiger partial charge in [-0.15, -0.1) is 0 Å². The van der Waals surface area contributed by atoms with Gasteiger partial charge in [0.1, 0.15) is 17.2 Å². The second-order valence-electron chi connectivity index (χ2n) is 21.5. The van der Waals surface area contributed by atoms with Crippen molar-refractivity contribution in [1.82, 2.24) is 4.98 Å². The van der Waals surface area contributed by atoms with E-state index in [1.807, 2.05) is 12.3 Å². The van der Waals surface area contributed by atoms with Crippen molar-refractivity contribution in [3.05, 3.63) is 300 Å². The first kappa shape index (κ1) is 47.0. The molecular formula is C75H54N4O. The Morgan fingerprint density at radius 3 is 1.74 bits per heavy atom. The third-order valence-corrected chi connectivity index (χ3v) is 16.5. The molecule has 0 atom stereocenters. The normalized spacial score (nSPS) is 12.9. The number of fused-ring (bicyclic) bond motifs is 19. The van der Waals surface area contributed by atoms with Crippen molar-refractivity contribution in [2.75, 3.05) is 9.80 Å². The number of anilines is 5. The van der Waals surface area contributed by atoms with Gasteiger partial charge in [0.05, 0.1) is 11.1 Å². The number of aromatic nitrogens is 1. The monoisotopic (exact) mass is 1030 g/mol. The molecule has 5 heteroatoms. The van der Waals surface area contributed by atoms with Crippen molar-refractivity contribution in [1.29, 1.82) is 0 Å². The lowest BCUT2D eigenvalue weighted by molar-refractivity contribution is 0.668. The van der Waals surface area contributed by atoms with Crippen LogP contribution in [0.25, 0.3) is 88.0 Å². The highest BCUT2D eigenvalue weighted by Crippen LogP contribution is 2.68. The summed E-state index contributed by atoms with van der Waals surface area (Å²) >= 11 is 0. The molecule has 380 valence electrons. The molecule has 2 N–H and O–H groups in total. The maximum Gasteiger partial charge on any atom is 0.160 e. The molecule has 0 saturated carbocycles. The van der Waals surface area contributed by atoms with E-state index in [9.17, 15) is 0 Å². The van der Waals surface area contributed by atoms with Gasteiger partial charge in [0.2, 0.25) is 0 Å². The number of aryl methyl sites for hydroxylation is 1. The van der Waals surface area contributed by atoms with E-state index in [0.717, 1.165) is 89.3 Å². The van der Waals surface area contributed by atoms with Gasteiger partial charge in [0.15, 0.2) is 5.58 Å². The Morgan fingerprint density at radius 2 is 1.06 bits per heavy atom. The van der Waals surface area contributed by atoms with Crippen LogP contribution < -0.4 is 15.5 Å². The van der Waals surface area contributed by atoms with Crippen molar-refractivity contribution >= 4 is 72.1 Å². The smallest absolute Gasteiger partial charge is 0.160 e. The molecule has 11 aromatic carbocycles. The number of para-hydroxylation sites is 1. The number of nitrogens with two attached hydrogens (primary N) is 1. The van der Waals surface area contributed by atoms with E-state index in [1.165, 1.54) is 60.7 Å². The van der Waals surface area contributed by atoms with Crippen LogP contribution in [-0.4, -0.2) is 4.98 Å². The highest BCUT2D eigenvalue weighted by molar-refractivity contribution is 6.27. The van der Waals surface area contributed by atoms with E-state index < -0.39 is 5.41 Å². The van der Waals surface area contributed by atoms with Crippen LogP contribution in [0.2, 0.25) is 0 Å². The maximum absolute atomic E-state index is 7.54. The van der Waals surface area contributed by atoms with Crippen molar-refractivity contribution in [3.63, 3.8) is 0 Å². The van der Waals surface area contributed by atoms with Crippen LogP contribution in [0.1, 0.15) is 41.7 Å². The Labute approximate surface area is 465 Å². The minimum Gasteiger partial charge on any atom is -0.454 e. The van der Waals surface area contributed by atoms with Crippen molar-refractivity contribution in [2.45, 2.75) is 26.2 Å². The summed E-state index contributed by atoms with van der Waals surface area (Å²) in [5, 5.41) is 6.78. The minimum atomic E-state index is -0.791. The predicted octanol–water partition coefficient (Wildman–Crippen LogP) is 19.6. The van der Waals surface area contributed by atoms with Gasteiger partial charge < -0.3 is 10.2 Å². The number of pyridine rings is 1. The van der Waals surface area contributed by atoms with Gasteiger partial charge in [-0.3, -0.25) is 9.80 Å². The van der Waals surface area contributed by atoms with Gasteiger partial charge in [-0.05, 0) is 175 Å². The highest BCUT2D eigenvalue weighted by atomic mass is 16.3. The van der Waals surface area contributed by atoms with Gasteiger partial charge >= 0.3 is 0 Å². The second-order valence-corrected chi connectivity index (χ2v) is 21.5. The zero-order valence-electron chi connectivity index (χ0n) is 44.7. The molecule has 2 aromatic heterocycles.